The topological polar surface area (TPSA) is 14.2 Å². The largest absolute Gasteiger partial charge is 0.495 e. The minimum Gasteiger partial charge on any atom is -0.495 e. The molecule has 0 aliphatic heterocycles. The number of aryl methyl sites for hydroxylation is 1. The van der Waals surface area contributed by atoms with Gasteiger partial charge in [-0.3, -0.25) is 0 Å². The van der Waals surface area contributed by atoms with Gasteiger partial charge in [0.1, 0.15) is 5.75 Å². The molecule has 35 heavy (non-hydrogen) atoms. The lowest BCUT2D eigenvalue weighted by Crippen LogP contribution is -2.09. The number of ether oxygens (including phenoxy) is 1. The minimum absolute atomic E-state index is 0.177. The number of alkyl halides is 3. The summed E-state index contributed by atoms with van der Waals surface area (Å²) in [5.74, 6) is 0.177. The van der Waals surface area contributed by atoms with E-state index < -0.39 is 11.7 Å². The highest BCUT2D eigenvalue weighted by Crippen LogP contribution is 2.44. The highest BCUT2D eigenvalue weighted by molar-refractivity contribution is 6.10. The molecule has 0 aliphatic rings. The van der Waals surface area contributed by atoms with Crippen LogP contribution in [0.1, 0.15) is 30.9 Å². The first kappa shape index (κ1) is 23.0. The number of nitrogens with zero attached hydrogens (tertiary/aromatic N) is 1. The Kier molecular flexibility index (Phi) is 6.01. The van der Waals surface area contributed by atoms with Crippen molar-refractivity contribution in [2.45, 2.75) is 32.4 Å². The van der Waals surface area contributed by atoms with E-state index in [0.29, 0.717) is 16.8 Å². The molecule has 5 aromatic rings. The zero-order valence-electron chi connectivity index (χ0n) is 19.7. The molecule has 0 saturated carbocycles. The third kappa shape index (κ3) is 4.16. The van der Waals surface area contributed by atoms with E-state index in [0.717, 1.165) is 47.1 Å². The summed E-state index contributed by atoms with van der Waals surface area (Å²) >= 11 is 0. The Morgan fingerprint density at radius 1 is 0.800 bits per heavy atom. The fourth-order valence-corrected chi connectivity index (χ4v) is 4.79. The number of aromatic nitrogens is 1. The minimum atomic E-state index is -4.50. The van der Waals surface area contributed by atoms with Gasteiger partial charge in [0.2, 0.25) is 0 Å². The molecule has 0 fully saturated rings. The molecule has 5 rings (SSSR count). The van der Waals surface area contributed by atoms with E-state index in [2.05, 4.69) is 31.2 Å². The number of para-hydroxylation sites is 1. The van der Waals surface area contributed by atoms with Gasteiger partial charge in [0.25, 0.3) is 0 Å². The quantitative estimate of drug-likeness (QED) is 0.240. The van der Waals surface area contributed by atoms with Gasteiger partial charge < -0.3 is 9.30 Å². The summed E-state index contributed by atoms with van der Waals surface area (Å²) in [5, 5.41) is 2.14. The van der Waals surface area contributed by atoms with Crippen molar-refractivity contribution in [3.05, 3.63) is 96.1 Å². The Balaban J connectivity index is 1.89. The highest BCUT2D eigenvalue weighted by atomic mass is 19.4. The number of rotatable bonds is 6. The predicted molar refractivity (Wildman–Crippen MR) is 136 cm³/mol. The standard InChI is InChI=1S/C30H26F3NO/c1-3-4-10-20-15-16-27-25(17-20)23-13-8-9-14-26(23)34(27)29-24(21-11-6-5-7-12-21)18-22(30(31,32)33)19-28(29)35-2/h5-9,11-19H,3-4,10H2,1-2H3. The van der Waals surface area contributed by atoms with Gasteiger partial charge in [-0.05, 0) is 54.3 Å². The highest BCUT2D eigenvalue weighted by Gasteiger charge is 2.33. The third-order valence-electron chi connectivity index (χ3n) is 6.49. The number of hydrogen-bond acceptors (Lipinski definition) is 1. The van der Waals surface area contributed by atoms with Crippen LogP contribution in [0.25, 0.3) is 38.6 Å². The predicted octanol–water partition coefficient (Wildman–Crippen LogP) is 8.82. The monoisotopic (exact) mass is 473 g/mol. The molecule has 0 aliphatic carbocycles. The molecule has 1 heterocycles. The number of unbranched alkanes of at least 4 members (excludes halogenated alkanes) is 1. The summed E-state index contributed by atoms with van der Waals surface area (Å²) in [4.78, 5) is 0. The van der Waals surface area contributed by atoms with Gasteiger partial charge in [0, 0.05) is 16.3 Å². The van der Waals surface area contributed by atoms with Crippen molar-refractivity contribution in [1.29, 1.82) is 0 Å². The van der Waals surface area contributed by atoms with Crippen molar-refractivity contribution >= 4 is 21.8 Å². The van der Waals surface area contributed by atoms with Crippen molar-refractivity contribution in [1.82, 2.24) is 4.57 Å². The summed E-state index contributed by atoms with van der Waals surface area (Å²) in [6.07, 6.45) is -1.28. The molecule has 0 spiro atoms. The zero-order chi connectivity index (χ0) is 24.6. The van der Waals surface area contributed by atoms with E-state index in [1.807, 2.05) is 53.1 Å². The summed E-state index contributed by atoms with van der Waals surface area (Å²) in [6.45, 7) is 2.17. The Bertz CT molecular complexity index is 1500. The van der Waals surface area contributed by atoms with Crippen LogP contribution in [-0.4, -0.2) is 11.7 Å². The van der Waals surface area contributed by atoms with E-state index in [4.69, 9.17) is 4.74 Å². The van der Waals surface area contributed by atoms with E-state index in [-0.39, 0.29) is 5.75 Å². The van der Waals surface area contributed by atoms with Crippen LogP contribution in [0.3, 0.4) is 0 Å². The first-order valence-corrected chi connectivity index (χ1v) is 11.8. The van der Waals surface area contributed by atoms with Crippen LogP contribution in [0, 0.1) is 0 Å². The summed E-state index contributed by atoms with van der Waals surface area (Å²) in [7, 11) is 1.42. The molecule has 0 bridgehead atoms. The molecule has 178 valence electrons. The third-order valence-corrected chi connectivity index (χ3v) is 6.49. The van der Waals surface area contributed by atoms with Crippen LogP contribution in [0.2, 0.25) is 0 Å². The Hall–Kier alpha value is -3.73. The lowest BCUT2D eigenvalue weighted by Gasteiger charge is -2.20. The second-order valence-electron chi connectivity index (χ2n) is 8.75. The van der Waals surface area contributed by atoms with Gasteiger partial charge in [-0.1, -0.05) is 67.9 Å². The molecular weight excluding hydrogens is 447 g/mol. The maximum absolute atomic E-state index is 13.9. The van der Waals surface area contributed by atoms with Crippen molar-refractivity contribution in [2.75, 3.05) is 7.11 Å². The molecule has 1 aromatic heterocycles. The number of methoxy groups -OCH3 is 1. The van der Waals surface area contributed by atoms with Crippen LogP contribution in [-0.2, 0) is 12.6 Å². The van der Waals surface area contributed by atoms with Gasteiger partial charge in [-0.15, -0.1) is 0 Å². The van der Waals surface area contributed by atoms with E-state index in [1.54, 1.807) is 0 Å². The smallest absolute Gasteiger partial charge is 0.416 e. The molecule has 0 unspecified atom stereocenters. The molecular formula is C30H26F3NO. The van der Waals surface area contributed by atoms with Crippen LogP contribution in [0.5, 0.6) is 5.75 Å². The van der Waals surface area contributed by atoms with Crippen LogP contribution in [0.15, 0.2) is 84.9 Å². The van der Waals surface area contributed by atoms with Crippen LogP contribution < -0.4 is 4.74 Å². The van der Waals surface area contributed by atoms with Gasteiger partial charge in [-0.25, -0.2) is 0 Å². The first-order chi connectivity index (χ1) is 16.9. The maximum Gasteiger partial charge on any atom is 0.416 e. The number of halogens is 3. The molecule has 0 saturated heterocycles. The average Bonchev–Trinajstić information content (AvgIpc) is 3.20. The van der Waals surface area contributed by atoms with Crippen molar-refractivity contribution in [3.8, 4) is 22.6 Å². The van der Waals surface area contributed by atoms with E-state index in [1.165, 1.54) is 18.7 Å². The van der Waals surface area contributed by atoms with Crippen molar-refractivity contribution in [2.24, 2.45) is 0 Å². The fourth-order valence-electron chi connectivity index (χ4n) is 4.79. The Morgan fingerprint density at radius 2 is 1.51 bits per heavy atom. The van der Waals surface area contributed by atoms with Gasteiger partial charge >= 0.3 is 6.18 Å². The zero-order valence-corrected chi connectivity index (χ0v) is 19.7. The van der Waals surface area contributed by atoms with Crippen LogP contribution in [0.4, 0.5) is 13.2 Å². The molecule has 0 N–H and O–H groups in total. The first-order valence-electron chi connectivity index (χ1n) is 11.8. The Labute approximate surface area is 202 Å². The molecule has 0 atom stereocenters. The van der Waals surface area contributed by atoms with Crippen molar-refractivity contribution in [3.63, 3.8) is 0 Å². The SMILES string of the molecule is CCCCc1ccc2c(c1)c1ccccc1n2-c1c(OC)cc(C(F)(F)F)cc1-c1ccccc1. The van der Waals surface area contributed by atoms with Gasteiger partial charge in [-0.2, -0.15) is 13.2 Å². The van der Waals surface area contributed by atoms with E-state index >= 15 is 0 Å². The van der Waals surface area contributed by atoms with Gasteiger partial charge in [0.15, 0.2) is 0 Å². The van der Waals surface area contributed by atoms with E-state index in [9.17, 15) is 13.2 Å². The molecule has 0 radical (unpaired) electrons. The van der Waals surface area contributed by atoms with Gasteiger partial charge in [0.05, 0.1) is 29.4 Å². The maximum atomic E-state index is 13.9. The van der Waals surface area contributed by atoms with Crippen molar-refractivity contribution < 1.29 is 17.9 Å². The molecule has 0 amide bonds. The molecule has 4 aromatic carbocycles. The molecule has 2 nitrogen and oxygen atoms in total. The lowest BCUT2D eigenvalue weighted by molar-refractivity contribution is -0.137. The summed E-state index contributed by atoms with van der Waals surface area (Å²) < 4.78 is 49.2. The summed E-state index contributed by atoms with van der Waals surface area (Å²) in [5.41, 5.74) is 4.13. The normalized spacial score (nSPS) is 11.9. The molecule has 5 heteroatoms. The second-order valence-corrected chi connectivity index (χ2v) is 8.75. The fraction of sp³-hybridized carbons (Fsp3) is 0.200. The Morgan fingerprint density at radius 3 is 2.23 bits per heavy atom. The van der Waals surface area contributed by atoms with Crippen LogP contribution >= 0.6 is 0 Å². The summed E-state index contributed by atoms with van der Waals surface area (Å²) in [6, 6.07) is 25.9. The second kappa shape index (κ2) is 9.14. The lowest BCUT2D eigenvalue weighted by atomic mass is 9.99. The number of fused-ring (bicyclic) bond motifs is 3. The number of benzene rings is 4. The average molecular weight is 474 g/mol. The number of hydrogen-bond donors (Lipinski definition) is 0.